The van der Waals surface area contributed by atoms with Crippen molar-refractivity contribution in [3.05, 3.63) is 78.4 Å². The molecule has 0 aliphatic rings. The molecule has 0 fully saturated rings. The van der Waals surface area contributed by atoms with Crippen molar-refractivity contribution in [2.45, 2.75) is 0 Å². The number of anilines is 1. The lowest BCUT2D eigenvalue weighted by Crippen LogP contribution is -2.23. The average Bonchev–Trinajstić information content (AvgIpc) is 2.90. The third-order valence-corrected chi connectivity index (χ3v) is 3.85. The van der Waals surface area contributed by atoms with E-state index in [1.807, 2.05) is 72.8 Å². The van der Waals surface area contributed by atoms with E-state index in [0.717, 1.165) is 22.1 Å². The second-order valence-corrected chi connectivity index (χ2v) is 5.26. The molecule has 3 N–H and O–H groups in total. The van der Waals surface area contributed by atoms with Crippen LogP contribution in [-0.2, 0) is 0 Å². The Bertz CT molecular complexity index is 1040. The quantitative estimate of drug-likeness (QED) is 0.597. The van der Waals surface area contributed by atoms with Crippen molar-refractivity contribution in [2.24, 2.45) is 0 Å². The summed E-state index contributed by atoms with van der Waals surface area (Å²) >= 11 is 0. The van der Waals surface area contributed by atoms with Crippen LogP contribution in [0.4, 0.5) is 5.95 Å². The summed E-state index contributed by atoms with van der Waals surface area (Å²) in [6.07, 6.45) is 0. The van der Waals surface area contributed by atoms with Gasteiger partial charge in [-0.05, 0) is 23.6 Å². The van der Waals surface area contributed by atoms with Crippen LogP contribution < -0.4 is 11.4 Å². The van der Waals surface area contributed by atoms with Crippen LogP contribution in [0.1, 0.15) is 0 Å². The summed E-state index contributed by atoms with van der Waals surface area (Å²) in [7, 11) is 0. The third kappa shape index (κ3) is 2.10. The minimum absolute atomic E-state index is 0.213. The smallest absolute Gasteiger partial charge is 0.231 e. The van der Waals surface area contributed by atoms with E-state index in [4.69, 9.17) is 11.1 Å². The van der Waals surface area contributed by atoms with Crippen molar-refractivity contribution in [2.75, 3.05) is 5.73 Å². The highest BCUT2D eigenvalue weighted by atomic mass is 15.4. The molecule has 4 rings (SSSR count). The number of nitrogens with two attached hydrogens (primary N) is 1. The summed E-state index contributed by atoms with van der Waals surface area (Å²) in [6.45, 7) is 0. The lowest BCUT2D eigenvalue weighted by atomic mass is 10.1. The van der Waals surface area contributed by atoms with Crippen molar-refractivity contribution in [1.29, 1.82) is 5.41 Å². The number of hydrogen-bond acceptors (Lipinski definition) is 3. The minimum atomic E-state index is 0.213. The van der Waals surface area contributed by atoms with E-state index in [0.29, 0.717) is 0 Å². The maximum atomic E-state index is 8.50. The summed E-state index contributed by atoms with van der Waals surface area (Å²) in [6, 6.07) is 23.6. The fourth-order valence-corrected chi connectivity index (χ4v) is 2.79. The van der Waals surface area contributed by atoms with Gasteiger partial charge in [-0.1, -0.05) is 54.6 Å². The maximum Gasteiger partial charge on any atom is 0.231 e. The van der Waals surface area contributed by atoms with Crippen LogP contribution in [0.2, 0.25) is 0 Å². The van der Waals surface area contributed by atoms with Gasteiger partial charge in [0.25, 0.3) is 0 Å². The minimum Gasteiger partial charge on any atom is -0.368 e. The largest absolute Gasteiger partial charge is 0.368 e. The van der Waals surface area contributed by atoms with Gasteiger partial charge in [0.2, 0.25) is 11.6 Å². The number of nitrogen functional groups attached to an aromatic ring is 1. The standard InChI is InChI=1S/C18H15N5/c19-17-21-23(14-9-2-1-3-10-14)18(20)22(17)16-12-6-8-13-7-4-5-11-15(13)16/h1-12,20H,(H2,19,21). The highest BCUT2D eigenvalue weighted by Crippen LogP contribution is 2.22. The molecule has 0 saturated carbocycles. The molecular weight excluding hydrogens is 286 g/mol. The molecule has 4 aromatic rings. The maximum absolute atomic E-state index is 8.50. The van der Waals surface area contributed by atoms with Crippen LogP contribution in [0, 0.1) is 5.41 Å². The molecular formula is C18H15N5. The number of nitrogens with zero attached hydrogens (tertiary/aromatic N) is 3. The molecule has 5 heteroatoms. The molecule has 0 aliphatic heterocycles. The highest BCUT2D eigenvalue weighted by molar-refractivity contribution is 5.90. The van der Waals surface area contributed by atoms with Crippen LogP contribution in [-0.4, -0.2) is 14.3 Å². The van der Waals surface area contributed by atoms with Crippen LogP contribution >= 0.6 is 0 Å². The van der Waals surface area contributed by atoms with Gasteiger partial charge in [0.05, 0.1) is 11.4 Å². The van der Waals surface area contributed by atoms with Gasteiger partial charge in [-0.3, -0.25) is 5.41 Å². The molecule has 0 unspecified atom stereocenters. The fourth-order valence-electron chi connectivity index (χ4n) is 2.79. The Balaban J connectivity index is 2.00. The lowest BCUT2D eigenvalue weighted by molar-refractivity contribution is 0.782. The molecule has 1 aromatic heterocycles. The molecule has 5 nitrogen and oxygen atoms in total. The Morgan fingerprint density at radius 1 is 0.826 bits per heavy atom. The summed E-state index contributed by atoms with van der Waals surface area (Å²) in [5, 5.41) is 15.0. The molecule has 0 spiro atoms. The molecule has 0 atom stereocenters. The monoisotopic (exact) mass is 301 g/mol. The predicted octanol–water partition coefficient (Wildman–Crippen LogP) is 2.88. The first kappa shape index (κ1) is 13.3. The molecule has 0 amide bonds. The summed E-state index contributed by atoms with van der Waals surface area (Å²) < 4.78 is 3.20. The lowest BCUT2D eigenvalue weighted by Gasteiger charge is -2.08. The number of para-hydroxylation sites is 1. The van der Waals surface area contributed by atoms with Crippen molar-refractivity contribution in [1.82, 2.24) is 14.3 Å². The summed E-state index contributed by atoms with van der Waals surface area (Å²) in [4.78, 5) is 0. The second kappa shape index (κ2) is 5.14. The Kier molecular flexibility index (Phi) is 2.98. The van der Waals surface area contributed by atoms with Crippen molar-refractivity contribution >= 4 is 16.7 Å². The zero-order valence-electron chi connectivity index (χ0n) is 12.3. The number of nitrogens with one attached hydrogen (secondary N) is 1. The highest BCUT2D eigenvalue weighted by Gasteiger charge is 2.13. The van der Waals surface area contributed by atoms with E-state index in [1.165, 1.54) is 4.68 Å². The fraction of sp³-hybridized carbons (Fsp3) is 0. The van der Waals surface area contributed by atoms with Gasteiger partial charge in [-0.25, -0.2) is 4.57 Å². The van der Waals surface area contributed by atoms with E-state index in [9.17, 15) is 0 Å². The van der Waals surface area contributed by atoms with Gasteiger partial charge in [-0.15, -0.1) is 5.10 Å². The number of rotatable bonds is 2. The molecule has 1 heterocycles. The second-order valence-electron chi connectivity index (χ2n) is 5.26. The predicted molar refractivity (Wildman–Crippen MR) is 90.7 cm³/mol. The Morgan fingerprint density at radius 2 is 1.52 bits per heavy atom. The van der Waals surface area contributed by atoms with Crippen LogP contribution in [0.25, 0.3) is 22.1 Å². The number of hydrogen-bond donors (Lipinski definition) is 2. The van der Waals surface area contributed by atoms with E-state index >= 15 is 0 Å². The Labute approximate surface area is 132 Å². The van der Waals surface area contributed by atoms with Gasteiger partial charge < -0.3 is 5.73 Å². The number of aromatic nitrogens is 3. The van der Waals surface area contributed by atoms with Gasteiger partial charge >= 0.3 is 0 Å². The number of fused-ring (bicyclic) bond motifs is 1. The Morgan fingerprint density at radius 3 is 2.35 bits per heavy atom. The molecule has 3 aromatic carbocycles. The van der Waals surface area contributed by atoms with E-state index in [1.54, 1.807) is 4.57 Å². The third-order valence-electron chi connectivity index (χ3n) is 3.85. The van der Waals surface area contributed by atoms with Gasteiger partial charge in [0.1, 0.15) is 0 Å². The van der Waals surface area contributed by atoms with Gasteiger partial charge in [-0.2, -0.15) is 4.68 Å². The van der Waals surface area contributed by atoms with Crippen molar-refractivity contribution in [3.63, 3.8) is 0 Å². The topological polar surface area (TPSA) is 72.6 Å². The van der Waals surface area contributed by atoms with Gasteiger partial charge in [0, 0.05) is 5.39 Å². The SMILES string of the molecule is N=c1n(-c2ccccc2)nc(N)n1-c1cccc2ccccc12. The molecule has 0 radical (unpaired) electrons. The summed E-state index contributed by atoms with van der Waals surface area (Å²) in [5.74, 6) is 0.287. The zero-order chi connectivity index (χ0) is 15.8. The number of benzene rings is 3. The first-order valence-electron chi connectivity index (χ1n) is 7.31. The van der Waals surface area contributed by atoms with Crippen molar-refractivity contribution < 1.29 is 0 Å². The Hall–Kier alpha value is -3.34. The van der Waals surface area contributed by atoms with E-state index < -0.39 is 0 Å². The zero-order valence-corrected chi connectivity index (χ0v) is 12.3. The molecule has 23 heavy (non-hydrogen) atoms. The van der Waals surface area contributed by atoms with Crippen LogP contribution in [0.15, 0.2) is 72.8 Å². The van der Waals surface area contributed by atoms with E-state index in [-0.39, 0.29) is 11.6 Å². The van der Waals surface area contributed by atoms with Crippen molar-refractivity contribution in [3.8, 4) is 11.4 Å². The summed E-state index contributed by atoms with van der Waals surface area (Å²) in [5.41, 5.74) is 7.99. The van der Waals surface area contributed by atoms with Gasteiger partial charge in [0.15, 0.2) is 0 Å². The normalized spacial score (nSPS) is 11.0. The molecule has 0 bridgehead atoms. The molecule has 0 aliphatic carbocycles. The molecule has 112 valence electrons. The van der Waals surface area contributed by atoms with Crippen LogP contribution in [0.3, 0.4) is 0 Å². The molecule has 0 saturated heterocycles. The first-order valence-corrected chi connectivity index (χ1v) is 7.31. The first-order chi connectivity index (χ1) is 11.3. The average molecular weight is 301 g/mol. The van der Waals surface area contributed by atoms with E-state index in [2.05, 4.69) is 5.10 Å². The van der Waals surface area contributed by atoms with Crippen LogP contribution in [0.5, 0.6) is 0 Å².